The van der Waals surface area contributed by atoms with Crippen LogP contribution in [0.2, 0.25) is 0 Å². The molecule has 0 bridgehead atoms. The van der Waals surface area contributed by atoms with E-state index in [0.717, 1.165) is 0 Å². The number of carbonyl (C=O) groups is 1. The minimum Gasteiger partial charge on any atom is -0.297 e. The van der Waals surface area contributed by atoms with Crippen molar-refractivity contribution in [1.29, 1.82) is 0 Å². The highest BCUT2D eigenvalue weighted by Crippen LogP contribution is 1.64. The Balaban J connectivity index is 2.85. The summed E-state index contributed by atoms with van der Waals surface area (Å²) in [6.07, 6.45) is 0. The summed E-state index contributed by atoms with van der Waals surface area (Å²) in [5, 5.41) is 0. The van der Waals surface area contributed by atoms with Gasteiger partial charge in [0.2, 0.25) is 0 Å². The van der Waals surface area contributed by atoms with E-state index in [9.17, 15) is 9.18 Å². The van der Waals surface area contributed by atoms with Gasteiger partial charge in [-0.2, -0.15) is 0 Å². The molecular formula is C3H5FO. The van der Waals surface area contributed by atoms with Crippen LogP contribution in [0, 0.1) is 0 Å². The minimum absolute atomic E-state index is 0.412. The third kappa shape index (κ3) is 3.60. The van der Waals surface area contributed by atoms with Crippen LogP contribution in [0.15, 0.2) is 0 Å². The van der Waals surface area contributed by atoms with E-state index in [1.54, 1.807) is 0 Å². The fourth-order valence-corrected chi connectivity index (χ4v) is 0. The SMILES string of the molecule is CC(=O)C[18F]. The van der Waals surface area contributed by atoms with Crippen LogP contribution in [0.25, 0.3) is 0 Å². The number of ketones is 1. The molecule has 0 aliphatic carbocycles. The first-order valence-corrected chi connectivity index (χ1v) is 1.32. The zero-order valence-electron chi connectivity index (χ0n) is 2.99. The van der Waals surface area contributed by atoms with E-state index < -0.39 is 12.5 Å². The Labute approximate surface area is 29.8 Å². The summed E-state index contributed by atoms with van der Waals surface area (Å²) in [5.74, 6) is -0.412. The summed E-state index contributed by atoms with van der Waals surface area (Å²) < 4.78 is 10.8. The number of hydrogen-bond donors (Lipinski definition) is 0. The summed E-state index contributed by atoms with van der Waals surface area (Å²) >= 11 is 0. The van der Waals surface area contributed by atoms with Gasteiger partial charge in [-0.15, -0.1) is 0 Å². The van der Waals surface area contributed by atoms with Gasteiger partial charge in [0, 0.05) is 0 Å². The van der Waals surface area contributed by atoms with E-state index in [1.165, 1.54) is 6.92 Å². The summed E-state index contributed by atoms with van der Waals surface area (Å²) in [4.78, 5) is 9.44. The first-order valence-electron chi connectivity index (χ1n) is 1.32. The van der Waals surface area contributed by atoms with Gasteiger partial charge in [0.15, 0.2) is 5.78 Å². The summed E-state index contributed by atoms with van der Waals surface area (Å²) in [7, 11) is 0. The Morgan fingerprint density at radius 3 is 2.20 bits per heavy atom. The van der Waals surface area contributed by atoms with Crippen LogP contribution in [-0.2, 0) is 4.79 Å². The smallest absolute Gasteiger partial charge is 0.160 e. The third-order valence-corrected chi connectivity index (χ3v) is 0.188. The quantitative estimate of drug-likeness (QED) is 0.444. The molecule has 0 rings (SSSR count). The van der Waals surface area contributed by atoms with Crippen molar-refractivity contribution in [3.8, 4) is 0 Å². The molecule has 0 aromatic carbocycles. The molecule has 0 atom stereocenters. The third-order valence-electron chi connectivity index (χ3n) is 0.188. The van der Waals surface area contributed by atoms with E-state index in [1.807, 2.05) is 0 Å². The molecule has 0 unspecified atom stereocenters. The van der Waals surface area contributed by atoms with Gasteiger partial charge in [0.25, 0.3) is 0 Å². The number of Topliss-reactive ketones (excluding diaryl/α,β-unsaturated/α-hetero) is 1. The van der Waals surface area contributed by atoms with E-state index >= 15 is 0 Å². The molecule has 0 amide bonds. The maximum Gasteiger partial charge on any atom is 0.160 e. The number of halogens is 1. The maximum absolute atomic E-state index is 10.8. The van der Waals surface area contributed by atoms with Crippen LogP contribution in [0.4, 0.5) is 4.39 Å². The molecule has 2 heteroatoms. The molecule has 0 aromatic heterocycles. The number of carbonyl (C=O) groups excluding carboxylic acids is 1. The molecule has 30 valence electrons. The Hall–Kier alpha value is -0.400. The average Bonchev–Trinajstić information content (AvgIpc) is 1.38. The molecular weight excluding hydrogens is 70.0 g/mol. The summed E-state index contributed by atoms with van der Waals surface area (Å²) in [6.45, 7) is 0.375. The van der Waals surface area contributed by atoms with Gasteiger partial charge >= 0.3 is 0 Å². The molecule has 0 radical (unpaired) electrons. The monoisotopic (exact) mass is 75.0 g/mol. The van der Waals surface area contributed by atoms with Gasteiger partial charge in [-0.1, -0.05) is 0 Å². The van der Waals surface area contributed by atoms with Crippen molar-refractivity contribution in [1.82, 2.24) is 0 Å². The Bertz CT molecular complexity index is 42.2. The van der Waals surface area contributed by atoms with Crippen LogP contribution >= 0.6 is 0 Å². The molecule has 0 aromatic rings. The average molecular weight is 75.1 g/mol. The highest BCUT2D eigenvalue weighted by molar-refractivity contribution is 5.76. The van der Waals surface area contributed by atoms with Crippen LogP contribution in [0.1, 0.15) is 6.92 Å². The molecule has 0 aliphatic rings. The number of rotatable bonds is 1. The van der Waals surface area contributed by atoms with E-state index in [2.05, 4.69) is 0 Å². The second kappa shape index (κ2) is 1.88. The van der Waals surface area contributed by atoms with Crippen molar-refractivity contribution >= 4 is 5.78 Å². The zero-order chi connectivity index (χ0) is 4.28. The Morgan fingerprint density at radius 2 is 2.20 bits per heavy atom. The van der Waals surface area contributed by atoms with Crippen LogP contribution < -0.4 is 0 Å². The lowest BCUT2D eigenvalue weighted by Crippen LogP contribution is -1.87. The summed E-state index contributed by atoms with van der Waals surface area (Å²) in [5.41, 5.74) is 0. The zero-order valence-corrected chi connectivity index (χ0v) is 2.99. The first kappa shape index (κ1) is 4.60. The van der Waals surface area contributed by atoms with Crippen molar-refractivity contribution in [2.45, 2.75) is 6.92 Å². The molecule has 0 saturated heterocycles. The van der Waals surface area contributed by atoms with Crippen LogP contribution in [0.3, 0.4) is 0 Å². The van der Waals surface area contributed by atoms with Gasteiger partial charge in [0.05, 0.1) is 0 Å². The molecule has 1 nitrogen and oxygen atoms in total. The normalized spacial score (nSPS) is 7.60. The molecule has 0 heterocycles. The molecule has 0 saturated carbocycles. The lowest BCUT2D eigenvalue weighted by Gasteiger charge is -1.68. The predicted octanol–water partition coefficient (Wildman–Crippen LogP) is 0.545. The van der Waals surface area contributed by atoms with Gasteiger partial charge in [-0.05, 0) is 6.92 Å². The Morgan fingerprint density at radius 1 is 2.00 bits per heavy atom. The van der Waals surface area contributed by atoms with Crippen molar-refractivity contribution in [2.75, 3.05) is 6.67 Å². The van der Waals surface area contributed by atoms with Crippen molar-refractivity contribution in [2.24, 2.45) is 0 Å². The topological polar surface area (TPSA) is 17.1 Å². The standard InChI is InChI=1S/C3H5FO/c1-3(5)2-4/h2H2,1H3/i4-1. The van der Waals surface area contributed by atoms with E-state index in [4.69, 9.17) is 0 Å². The second-order valence-electron chi connectivity index (χ2n) is 0.836. The number of alkyl halides is 1. The van der Waals surface area contributed by atoms with Crippen LogP contribution in [-0.4, -0.2) is 12.5 Å². The fraction of sp³-hybridized carbons (Fsp3) is 0.667. The van der Waals surface area contributed by atoms with Crippen LogP contribution in [0.5, 0.6) is 0 Å². The molecule has 0 aliphatic heterocycles. The Kier molecular flexibility index (Phi) is 1.73. The van der Waals surface area contributed by atoms with E-state index in [0.29, 0.717) is 0 Å². The lowest BCUT2D eigenvalue weighted by atomic mass is 10.5. The highest BCUT2D eigenvalue weighted by Gasteiger charge is 1.81. The largest absolute Gasteiger partial charge is 0.297 e. The van der Waals surface area contributed by atoms with Gasteiger partial charge in [0.1, 0.15) is 6.67 Å². The highest BCUT2D eigenvalue weighted by atomic mass is 18.2. The fourth-order valence-electron chi connectivity index (χ4n) is 0. The molecule has 5 heavy (non-hydrogen) atoms. The maximum atomic E-state index is 10.8. The van der Waals surface area contributed by atoms with Crippen molar-refractivity contribution in [3.05, 3.63) is 0 Å². The molecule has 0 spiro atoms. The van der Waals surface area contributed by atoms with Gasteiger partial charge in [-0.3, -0.25) is 4.79 Å². The lowest BCUT2D eigenvalue weighted by molar-refractivity contribution is -0.117. The second-order valence-corrected chi connectivity index (χ2v) is 0.836. The predicted molar refractivity (Wildman–Crippen MR) is 16.7 cm³/mol. The van der Waals surface area contributed by atoms with Crippen molar-refractivity contribution < 1.29 is 9.18 Å². The summed E-state index contributed by atoms with van der Waals surface area (Å²) in [6, 6.07) is 0. The van der Waals surface area contributed by atoms with E-state index in [-0.39, 0.29) is 0 Å². The minimum atomic E-state index is -0.833. The van der Waals surface area contributed by atoms with Crippen molar-refractivity contribution in [3.63, 3.8) is 0 Å². The molecule has 0 fully saturated rings. The first-order chi connectivity index (χ1) is 2.27. The number of hydrogen-bond acceptors (Lipinski definition) is 1. The van der Waals surface area contributed by atoms with Gasteiger partial charge in [-0.25, -0.2) is 4.39 Å². The molecule has 0 N–H and O–H groups in total. The van der Waals surface area contributed by atoms with Gasteiger partial charge < -0.3 is 0 Å².